The van der Waals surface area contributed by atoms with Crippen LogP contribution in [0.5, 0.6) is 5.88 Å². The van der Waals surface area contributed by atoms with Crippen LogP contribution in [0.3, 0.4) is 0 Å². The number of methoxy groups -OCH3 is 1. The highest BCUT2D eigenvalue weighted by Gasteiger charge is 2.31. The number of hydrogen-bond acceptors (Lipinski definition) is 6. The number of rotatable bonds is 5. The van der Waals surface area contributed by atoms with Crippen molar-refractivity contribution in [3.63, 3.8) is 0 Å². The van der Waals surface area contributed by atoms with E-state index < -0.39 is 0 Å². The maximum Gasteiger partial charge on any atom is 0.323 e. The number of aliphatic imine (C=N–C) groups is 1. The van der Waals surface area contributed by atoms with E-state index in [1.54, 1.807) is 12.3 Å². The first kappa shape index (κ1) is 21.5. The molecule has 4 rings (SSSR count). The van der Waals surface area contributed by atoms with Crippen molar-refractivity contribution in [1.82, 2.24) is 9.88 Å². The Balaban J connectivity index is 1.54. The third-order valence-corrected chi connectivity index (χ3v) is 6.18. The van der Waals surface area contributed by atoms with Gasteiger partial charge < -0.3 is 9.84 Å². The highest BCUT2D eigenvalue weighted by atomic mass is 127. The largest absolute Gasteiger partial charge is 0.494 e. The number of aromatic nitrogens is 1. The van der Waals surface area contributed by atoms with Crippen molar-refractivity contribution in [2.24, 2.45) is 4.99 Å². The number of ether oxygens (including phenoxy) is 1. The number of aromatic amines is 1. The van der Waals surface area contributed by atoms with Gasteiger partial charge >= 0.3 is 5.97 Å². The summed E-state index contributed by atoms with van der Waals surface area (Å²) in [5, 5.41) is 11.4. The van der Waals surface area contributed by atoms with Crippen molar-refractivity contribution in [1.29, 1.82) is 0 Å². The van der Waals surface area contributed by atoms with Crippen molar-refractivity contribution in [2.75, 3.05) is 13.7 Å². The maximum atomic E-state index is 12.1. The zero-order valence-corrected chi connectivity index (χ0v) is 19.1. The highest BCUT2D eigenvalue weighted by Crippen LogP contribution is 2.25. The zero-order valence-electron chi connectivity index (χ0n) is 17.0. The van der Waals surface area contributed by atoms with Gasteiger partial charge in [0, 0.05) is 27.1 Å². The van der Waals surface area contributed by atoms with Crippen molar-refractivity contribution in [3.05, 3.63) is 67.5 Å². The lowest BCUT2D eigenvalue weighted by Gasteiger charge is -2.22. The predicted molar refractivity (Wildman–Crippen MR) is 128 cm³/mol. The number of pyridine rings is 1. The SMILES string of the molecule is COC(=O)C1CCCN1Cc1ccc(N=Cc2c(O)[nH]c(=O)c3ccc(I)cc23)cc1. The van der Waals surface area contributed by atoms with Gasteiger partial charge in [-0.2, -0.15) is 0 Å². The van der Waals surface area contributed by atoms with Crippen LogP contribution < -0.4 is 5.56 Å². The van der Waals surface area contributed by atoms with E-state index >= 15 is 0 Å². The number of likely N-dealkylation sites (tertiary alicyclic amines) is 1. The molecular formula is C23H22IN3O4. The molecule has 1 aliphatic rings. The van der Waals surface area contributed by atoms with Gasteiger partial charge in [0.2, 0.25) is 5.88 Å². The molecule has 3 aromatic rings. The molecule has 1 atom stereocenters. The first-order chi connectivity index (χ1) is 15.0. The number of nitrogens with one attached hydrogen (secondary N) is 1. The lowest BCUT2D eigenvalue weighted by Crippen LogP contribution is -2.36. The van der Waals surface area contributed by atoms with Gasteiger partial charge in [-0.05, 0) is 77.9 Å². The summed E-state index contributed by atoms with van der Waals surface area (Å²) in [6, 6.07) is 13.0. The first-order valence-corrected chi connectivity index (χ1v) is 11.0. The molecular weight excluding hydrogens is 509 g/mol. The van der Waals surface area contributed by atoms with E-state index in [-0.39, 0.29) is 23.5 Å². The van der Waals surface area contributed by atoms with E-state index in [0.29, 0.717) is 22.9 Å². The molecule has 1 aromatic heterocycles. The third kappa shape index (κ3) is 4.64. The quantitative estimate of drug-likeness (QED) is 0.298. The molecule has 8 heteroatoms. The van der Waals surface area contributed by atoms with E-state index in [2.05, 4.69) is 37.5 Å². The third-order valence-electron chi connectivity index (χ3n) is 5.51. The Hall–Kier alpha value is -2.72. The second kappa shape index (κ2) is 9.19. The Morgan fingerprint density at radius 1 is 1.29 bits per heavy atom. The van der Waals surface area contributed by atoms with Crippen molar-refractivity contribution in [3.8, 4) is 5.88 Å². The van der Waals surface area contributed by atoms with Crippen molar-refractivity contribution < 1.29 is 14.6 Å². The molecule has 0 bridgehead atoms. The second-order valence-electron chi connectivity index (χ2n) is 7.48. The number of aromatic hydroxyl groups is 1. The highest BCUT2D eigenvalue weighted by molar-refractivity contribution is 14.1. The van der Waals surface area contributed by atoms with Gasteiger partial charge in [-0.1, -0.05) is 12.1 Å². The summed E-state index contributed by atoms with van der Waals surface area (Å²) in [4.78, 5) is 33.1. The van der Waals surface area contributed by atoms with Crippen LogP contribution in [0.2, 0.25) is 0 Å². The van der Waals surface area contributed by atoms with Gasteiger partial charge in [0.25, 0.3) is 5.56 Å². The second-order valence-corrected chi connectivity index (χ2v) is 8.73. The minimum Gasteiger partial charge on any atom is -0.494 e. The number of esters is 1. The lowest BCUT2D eigenvalue weighted by molar-refractivity contribution is -0.146. The summed E-state index contributed by atoms with van der Waals surface area (Å²) < 4.78 is 5.87. The van der Waals surface area contributed by atoms with E-state index in [1.807, 2.05) is 36.4 Å². The van der Waals surface area contributed by atoms with Gasteiger partial charge in [0.15, 0.2) is 0 Å². The summed E-state index contributed by atoms with van der Waals surface area (Å²) in [5.41, 5.74) is 1.94. The van der Waals surface area contributed by atoms with Crippen LogP contribution in [0.15, 0.2) is 52.3 Å². The average Bonchev–Trinajstić information content (AvgIpc) is 3.22. The van der Waals surface area contributed by atoms with E-state index in [1.165, 1.54) is 7.11 Å². The lowest BCUT2D eigenvalue weighted by atomic mass is 10.1. The molecule has 0 radical (unpaired) electrons. The summed E-state index contributed by atoms with van der Waals surface area (Å²) in [7, 11) is 1.43. The van der Waals surface area contributed by atoms with Gasteiger partial charge in [-0.3, -0.25) is 24.5 Å². The molecule has 1 saturated heterocycles. The predicted octanol–water partition coefficient (Wildman–Crippen LogP) is 3.73. The first-order valence-electron chi connectivity index (χ1n) is 9.95. The van der Waals surface area contributed by atoms with Crippen LogP contribution in [0.25, 0.3) is 10.8 Å². The monoisotopic (exact) mass is 531 g/mol. The molecule has 2 heterocycles. The number of hydrogen-bond donors (Lipinski definition) is 2. The molecule has 1 fully saturated rings. The Kier molecular flexibility index (Phi) is 6.38. The summed E-state index contributed by atoms with van der Waals surface area (Å²) in [6.07, 6.45) is 3.37. The minimum atomic E-state index is -0.336. The summed E-state index contributed by atoms with van der Waals surface area (Å²) in [5.74, 6) is -0.385. The van der Waals surface area contributed by atoms with Crippen LogP contribution in [0, 0.1) is 3.57 Å². The standard InChI is InChI=1S/C23H22IN3O4/c1-31-23(30)20-3-2-10-27(20)13-14-4-7-16(8-5-14)25-12-19-18-11-15(24)6-9-17(18)21(28)26-22(19)29/h4-9,11-12,20H,2-3,10,13H2,1H3,(H2,26,28,29). The number of carbonyl (C=O) groups is 1. The van der Waals surface area contributed by atoms with Crippen LogP contribution >= 0.6 is 22.6 Å². The Morgan fingerprint density at radius 3 is 2.81 bits per heavy atom. The zero-order chi connectivity index (χ0) is 22.0. The van der Waals surface area contributed by atoms with Gasteiger partial charge in [-0.25, -0.2) is 0 Å². The van der Waals surface area contributed by atoms with E-state index in [0.717, 1.165) is 34.2 Å². The van der Waals surface area contributed by atoms with Crippen molar-refractivity contribution >= 4 is 51.2 Å². The Morgan fingerprint density at radius 2 is 2.06 bits per heavy atom. The number of nitrogens with zero attached hydrogens (tertiary/aromatic N) is 2. The molecule has 1 unspecified atom stereocenters. The van der Waals surface area contributed by atoms with Gasteiger partial charge in [0.05, 0.1) is 18.4 Å². The molecule has 0 spiro atoms. The minimum absolute atomic E-state index is 0.179. The molecule has 2 N–H and O–H groups in total. The van der Waals surface area contributed by atoms with E-state index in [4.69, 9.17) is 4.74 Å². The average molecular weight is 531 g/mol. The smallest absolute Gasteiger partial charge is 0.323 e. The molecule has 7 nitrogen and oxygen atoms in total. The number of fused-ring (bicyclic) bond motifs is 1. The molecule has 0 aliphatic carbocycles. The molecule has 1 aliphatic heterocycles. The summed E-state index contributed by atoms with van der Waals surface area (Å²) >= 11 is 2.17. The van der Waals surface area contributed by atoms with Crippen LogP contribution in [0.4, 0.5) is 5.69 Å². The molecule has 160 valence electrons. The fourth-order valence-electron chi connectivity index (χ4n) is 3.92. The maximum absolute atomic E-state index is 12.1. The fraction of sp³-hybridized carbons (Fsp3) is 0.261. The molecule has 2 aromatic carbocycles. The van der Waals surface area contributed by atoms with Crippen LogP contribution in [0.1, 0.15) is 24.0 Å². The number of H-pyrrole nitrogens is 1. The Labute approximate surface area is 192 Å². The van der Waals surface area contributed by atoms with Gasteiger partial charge in [-0.15, -0.1) is 0 Å². The normalized spacial score (nSPS) is 16.9. The topological polar surface area (TPSA) is 95.0 Å². The molecule has 0 amide bonds. The molecule has 31 heavy (non-hydrogen) atoms. The summed E-state index contributed by atoms with van der Waals surface area (Å²) in [6.45, 7) is 1.55. The van der Waals surface area contributed by atoms with Gasteiger partial charge in [0.1, 0.15) is 6.04 Å². The Bertz CT molecular complexity index is 1200. The van der Waals surface area contributed by atoms with Crippen LogP contribution in [-0.4, -0.2) is 46.9 Å². The number of benzene rings is 2. The fourth-order valence-corrected chi connectivity index (χ4v) is 4.41. The van der Waals surface area contributed by atoms with Crippen molar-refractivity contribution in [2.45, 2.75) is 25.4 Å². The molecule has 0 saturated carbocycles. The van der Waals surface area contributed by atoms with E-state index in [9.17, 15) is 14.7 Å². The number of halogens is 1. The van der Waals surface area contributed by atoms with Crippen LogP contribution in [-0.2, 0) is 16.1 Å². The number of carbonyl (C=O) groups excluding carboxylic acids is 1.